The molecule has 0 atom stereocenters. The Morgan fingerprint density at radius 1 is 1.19 bits per heavy atom. The molecule has 108 valence electrons. The zero-order chi connectivity index (χ0) is 14.8. The lowest BCUT2D eigenvalue weighted by Gasteiger charge is -2.12. The molecule has 5 heteroatoms. The van der Waals surface area contributed by atoms with E-state index in [4.69, 9.17) is 5.11 Å². The Morgan fingerprint density at radius 2 is 1.95 bits per heavy atom. The maximum atomic E-state index is 12.0. The number of hydrogen-bond donors (Lipinski definition) is 2. The molecule has 0 saturated heterocycles. The largest absolute Gasteiger partial charge is 0.394 e. The Morgan fingerprint density at radius 3 is 2.67 bits per heavy atom. The number of aromatic nitrogens is 2. The van der Waals surface area contributed by atoms with Gasteiger partial charge in [0.15, 0.2) is 0 Å². The van der Waals surface area contributed by atoms with Gasteiger partial charge in [-0.15, -0.1) is 0 Å². The van der Waals surface area contributed by atoms with Crippen LogP contribution in [0.2, 0.25) is 0 Å². The van der Waals surface area contributed by atoms with Gasteiger partial charge >= 0.3 is 5.56 Å². The normalized spacial score (nSPS) is 15.4. The molecule has 1 aromatic heterocycles. The molecule has 0 bridgehead atoms. The Hall–Kier alpha value is -2.40. The lowest BCUT2D eigenvalue weighted by Crippen LogP contribution is -2.35. The molecule has 0 spiro atoms. The number of hydrogen-bond acceptors (Lipinski definition) is 3. The number of H-pyrrole nitrogens is 1. The van der Waals surface area contributed by atoms with Gasteiger partial charge in [0, 0.05) is 5.56 Å². The van der Waals surface area contributed by atoms with Gasteiger partial charge in [0.2, 0.25) is 5.43 Å². The van der Waals surface area contributed by atoms with E-state index in [9.17, 15) is 9.59 Å². The molecule has 0 fully saturated rings. The summed E-state index contributed by atoms with van der Waals surface area (Å²) in [5, 5.41) is 11.7. The van der Waals surface area contributed by atoms with Crippen LogP contribution in [0.25, 0.3) is 11.6 Å². The number of aromatic amines is 1. The summed E-state index contributed by atoms with van der Waals surface area (Å²) in [4.78, 5) is 23.6. The number of nitrogens with zero attached hydrogens (tertiary/aromatic N) is 1. The highest BCUT2D eigenvalue weighted by Crippen LogP contribution is 2.30. The van der Waals surface area contributed by atoms with E-state index in [1.165, 1.54) is 0 Å². The predicted octanol–water partition coefficient (Wildman–Crippen LogP) is 1.02. The van der Waals surface area contributed by atoms with E-state index in [0.29, 0.717) is 12.0 Å². The molecule has 1 aliphatic carbocycles. The van der Waals surface area contributed by atoms with E-state index in [2.05, 4.69) is 5.10 Å². The molecule has 0 aliphatic heterocycles. The van der Waals surface area contributed by atoms with Crippen LogP contribution in [0.1, 0.15) is 23.2 Å². The van der Waals surface area contributed by atoms with Crippen LogP contribution in [0.3, 0.4) is 0 Å². The first-order valence-electron chi connectivity index (χ1n) is 6.93. The Labute approximate surface area is 121 Å². The average Bonchev–Trinajstić information content (AvgIpc) is 2.90. The number of fused-ring (bicyclic) bond motifs is 1. The summed E-state index contributed by atoms with van der Waals surface area (Å²) in [7, 11) is 0. The number of aliphatic hydroxyl groups excluding tert-OH is 1. The fraction of sp³-hybridized carbons (Fsp3) is 0.250. The molecule has 1 aromatic carbocycles. The second kappa shape index (κ2) is 5.54. The van der Waals surface area contributed by atoms with Crippen molar-refractivity contribution in [2.75, 3.05) is 6.61 Å². The van der Waals surface area contributed by atoms with Gasteiger partial charge in [-0.25, -0.2) is 0 Å². The molecule has 1 heterocycles. The zero-order valence-electron chi connectivity index (χ0n) is 11.5. The van der Waals surface area contributed by atoms with Crippen molar-refractivity contribution in [1.82, 2.24) is 9.78 Å². The van der Waals surface area contributed by atoms with E-state index < -0.39 is 11.0 Å². The number of allylic oxidation sites excluding steroid dienone is 1. The van der Waals surface area contributed by atoms with E-state index >= 15 is 0 Å². The molecule has 0 amide bonds. The van der Waals surface area contributed by atoms with Crippen LogP contribution in [0.5, 0.6) is 0 Å². The second-order valence-corrected chi connectivity index (χ2v) is 5.05. The predicted molar refractivity (Wildman–Crippen MR) is 81.0 cm³/mol. The van der Waals surface area contributed by atoms with Crippen molar-refractivity contribution in [3.8, 4) is 0 Å². The third kappa shape index (κ3) is 2.48. The maximum absolute atomic E-state index is 12.0. The zero-order valence-corrected chi connectivity index (χ0v) is 11.5. The van der Waals surface area contributed by atoms with Crippen LogP contribution >= 0.6 is 0 Å². The van der Waals surface area contributed by atoms with Gasteiger partial charge < -0.3 is 5.11 Å². The fourth-order valence-electron chi connectivity index (χ4n) is 2.77. The molecule has 2 aromatic rings. The van der Waals surface area contributed by atoms with Crippen molar-refractivity contribution in [3.63, 3.8) is 0 Å². The summed E-state index contributed by atoms with van der Waals surface area (Å²) < 4.78 is 1.58. The van der Waals surface area contributed by atoms with Crippen LogP contribution in [0, 0.1) is 0 Å². The van der Waals surface area contributed by atoms with Gasteiger partial charge in [-0.05, 0) is 30.1 Å². The standard InChI is InChI=1S/C16H16N2O3/c19-9-8-18-14-12(10-11-4-2-1-3-5-11)6-7-13(14)15(20)16(21)17-18/h1-5,10,19H,6-9H2,(H,17,21)/b12-10-. The lowest BCUT2D eigenvalue weighted by molar-refractivity contribution is 0.267. The summed E-state index contributed by atoms with van der Waals surface area (Å²) in [6.07, 6.45) is 3.32. The van der Waals surface area contributed by atoms with Crippen molar-refractivity contribution >= 4 is 11.6 Å². The number of aliphatic hydroxyl groups is 1. The van der Waals surface area contributed by atoms with Gasteiger partial charge in [-0.2, -0.15) is 0 Å². The van der Waals surface area contributed by atoms with E-state index in [0.717, 1.165) is 23.3 Å². The molecule has 0 radical (unpaired) electrons. The number of benzene rings is 1. The molecule has 3 rings (SSSR count). The second-order valence-electron chi connectivity index (χ2n) is 5.05. The third-order valence-electron chi connectivity index (χ3n) is 3.69. The highest BCUT2D eigenvalue weighted by atomic mass is 16.3. The summed E-state index contributed by atoms with van der Waals surface area (Å²) in [6, 6.07) is 9.84. The lowest BCUT2D eigenvalue weighted by atomic mass is 10.1. The number of rotatable bonds is 3. The summed E-state index contributed by atoms with van der Waals surface area (Å²) in [6.45, 7) is 0.174. The number of nitrogens with one attached hydrogen (secondary N) is 1. The smallest absolute Gasteiger partial charge is 0.310 e. The van der Waals surface area contributed by atoms with Gasteiger partial charge in [0.25, 0.3) is 0 Å². The van der Waals surface area contributed by atoms with Crippen LogP contribution in [-0.4, -0.2) is 21.5 Å². The summed E-state index contributed by atoms with van der Waals surface area (Å²) >= 11 is 0. The maximum Gasteiger partial charge on any atom is 0.310 e. The SMILES string of the molecule is O=c1[nH]n(CCO)c2c(c1=O)CC/C2=C/c1ccccc1. The molecule has 5 nitrogen and oxygen atoms in total. The van der Waals surface area contributed by atoms with Crippen molar-refractivity contribution in [2.45, 2.75) is 19.4 Å². The fourth-order valence-corrected chi connectivity index (χ4v) is 2.77. The minimum Gasteiger partial charge on any atom is -0.394 e. The van der Waals surface area contributed by atoms with E-state index in [1.807, 2.05) is 36.4 Å². The third-order valence-corrected chi connectivity index (χ3v) is 3.69. The van der Waals surface area contributed by atoms with Crippen molar-refractivity contribution in [2.24, 2.45) is 0 Å². The Balaban J connectivity index is 2.17. The molecule has 1 aliphatic rings. The minimum absolute atomic E-state index is 0.0934. The highest BCUT2D eigenvalue weighted by molar-refractivity contribution is 5.83. The van der Waals surface area contributed by atoms with Crippen LogP contribution in [0.15, 0.2) is 39.9 Å². The molecule has 2 N–H and O–H groups in total. The van der Waals surface area contributed by atoms with Crippen molar-refractivity contribution in [3.05, 3.63) is 67.7 Å². The monoisotopic (exact) mass is 284 g/mol. The van der Waals surface area contributed by atoms with Crippen LogP contribution < -0.4 is 11.0 Å². The first-order valence-corrected chi connectivity index (χ1v) is 6.93. The molecular formula is C16H16N2O3. The van der Waals surface area contributed by atoms with E-state index in [-0.39, 0.29) is 13.2 Å². The topological polar surface area (TPSA) is 75.1 Å². The molecule has 0 saturated carbocycles. The first-order chi connectivity index (χ1) is 10.2. The Bertz CT molecular complexity index is 801. The minimum atomic E-state index is -0.622. The highest BCUT2D eigenvalue weighted by Gasteiger charge is 2.24. The molecule has 0 unspecified atom stereocenters. The summed E-state index contributed by atoms with van der Waals surface area (Å²) in [5.74, 6) is 0. The molecular weight excluding hydrogens is 268 g/mol. The quantitative estimate of drug-likeness (QED) is 0.826. The van der Waals surface area contributed by atoms with Gasteiger partial charge in [-0.1, -0.05) is 30.3 Å². The van der Waals surface area contributed by atoms with Gasteiger partial charge in [0.05, 0.1) is 18.8 Å². The van der Waals surface area contributed by atoms with Crippen molar-refractivity contribution < 1.29 is 5.11 Å². The van der Waals surface area contributed by atoms with Crippen LogP contribution in [0.4, 0.5) is 0 Å². The van der Waals surface area contributed by atoms with E-state index in [1.54, 1.807) is 4.68 Å². The van der Waals surface area contributed by atoms with Gasteiger partial charge in [0.1, 0.15) is 0 Å². The average molecular weight is 284 g/mol. The first kappa shape index (κ1) is 13.6. The summed E-state index contributed by atoms with van der Waals surface area (Å²) in [5.41, 5.74) is 2.28. The Kier molecular flexibility index (Phi) is 3.58. The van der Waals surface area contributed by atoms with Crippen molar-refractivity contribution in [1.29, 1.82) is 0 Å². The van der Waals surface area contributed by atoms with Gasteiger partial charge in [-0.3, -0.25) is 19.4 Å². The van der Waals surface area contributed by atoms with Crippen LogP contribution in [-0.2, 0) is 13.0 Å². The molecule has 21 heavy (non-hydrogen) atoms.